The Morgan fingerprint density at radius 3 is 2.61 bits per heavy atom. The fourth-order valence-electron chi connectivity index (χ4n) is 5.59. The average Bonchev–Trinajstić information content (AvgIpc) is 3.43. The Balaban J connectivity index is 1.40. The summed E-state index contributed by atoms with van der Waals surface area (Å²) in [6.07, 6.45) is 4.59. The number of aryl methyl sites for hydroxylation is 1. The molecule has 2 aliphatic rings. The molecule has 2 fully saturated rings. The maximum absolute atomic E-state index is 14.8. The van der Waals surface area contributed by atoms with Crippen LogP contribution in [0.2, 0.25) is 0 Å². The summed E-state index contributed by atoms with van der Waals surface area (Å²) in [6.45, 7) is 11.5. The van der Waals surface area contributed by atoms with E-state index in [1.54, 1.807) is 13.0 Å². The molecule has 1 aromatic carbocycles. The Bertz CT molecular complexity index is 1150. The van der Waals surface area contributed by atoms with Crippen molar-refractivity contribution in [2.24, 2.45) is 21.8 Å². The summed E-state index contributed by atoms with van der Waals surface area (Å²) in [4.78, 5) is 17.7. The first kappa shape index (κ1) is 28.0. The first-order valence-electron chi connectivity index (χ1n) is 13.3. The van der Waals surface area contributed by atoms with Crippen LogP contribution in [0.25, 0.3) is 0 Å². The van der Waals surface area contributed by atoms with Gasteiger partial charge in [-0.1, -0.05) is 6.07 Å². The maximum atomic E-state index is 14.8. The summed E-state index contributed by atoms with van der Waals surface area (Å²) in [5.41, 5.74) is 2.52. The highest BCUT2D eigenvalue weighted by molar-refractivity contribution is 6.11. The minimum Gasteiger partial charge on any atom is -0.351 e. The summed E-state index contributed by atoms with van der Waals surface area (Å²) in [7, 11) is 4.07. The smallest absolute Gasteiger partial charge is 0.149 e. The van der Waals surface area contributed by atoms with Crippen molar-refractivity contribution in [3.8, 4) is 0 Å². The lowest BCUT2D eigenvalue weighted by Gasteiger charge is -2.19. The average molecular weight is 524 g/mol. The molecule has 2 N–H and O–H groups in total. The van der Waals surface area contributed by atoms with Gasteiger partial charge in [0.05, 0.1) is 0 Å². The number of rotatable bonds is 12. The minimum absolute atomic E-state index is 0.0891. The predicted octanol–water partition coefficient (Wildman–Crippen LogP) is 4.43. The van der Waals surface area contributed by atoms with Crippen molar-refractivity contribution in [1.29, 1.82) is 0 Å². The summed E-state index contributed by atoms with van der Waals surface area (Å²) in [6, 6.07) is 7.01. The van der Waals surface area contributed by atoms with Crippen LogP contribution in [0.4, 0.5) is 20.3 Å². The molecule has 0 spiro atoms. The molecule has 1 aromatic heterocycles. The Morgan fingerprint density at radius 2 is 1.97 bits per heavy atom. The lowest BCUT2D eigenvalue weighted by atomic mass is 10.00. The zero-order chi connectivity index (χ0) is 27.1. The number of hydrogen-bond acceptors (Lipinski definition) is 7. The number of aromatic nitrogens is 1. The molecule has 204 valence electrons. The maximum Gasteiger partial charge on any atom is 0.149 e. The Hall–Kier alpha value is -3.01. The second kappa shape index (κ2) is 13.2. The van der Waals surface area contributed by atoms with Gasteiger partial charge >= 0.3 is 0 Å². The zero-order valence-electron chi connectivity index (χ0n) is 22.7. The quantitative estimate of drug-likeness (QED) is 0.318. The normalized spacial score (nSPS) is 20.7. The summed E-state index contributed by atoms with van der Waals surface area (Å²) >= 11 is 0. The standard InChI is InChI=1S/C29H39F2N7/c1-5-25(30)29(22-11-21(7-6-10-32-2)28(33-3)26(31)12-22)36-19-35-27-9-8-20(13-34-27)14-38-17-23-15-37(4)16-24(23)18-38/h5,8-9,11-13,23-24,32H,3,6-7,10,14-19H2,1-2,4H3,(H,34,35)/b25-5+,36-29-. The largest absolute Gasteiger partial charge is 0.351 e. The second-order valence-corrected chi connectivity index (χ2v) is 10.3. The highest BCUT2D eigenvalue weighted by Crippen LogP contribution is 2.31. The van der Waals surface area contributed by atoms with Gasteiger partial charge in [-0.25, -0.2) is 13.8 Å². The van der Waals surface area contributed by atoms with Crippen LogP contribution in [0, 0.1) is 17.7 Å². The summed E-state index contributed by atoms with van der Waals surface area (Å²) in [5, 5.41) is 6.21. The highest BCUT2D eigenvalue weighted by atomic mass is 19.1. The van der Waals surface area contributed by atoms with Crippen molar-refractivity contribution >= 4 is 23.9 Å². The van der Waals surface area contributed by atoms with Crippen LogP contribution < -0.4 is 10.6 Å². The fraction of sp³-hybridized carbons (Fsp3) is 0.483. The third-order valence-corrected chi connectivity index (χ3v) is 7.40. The van der Waals surface area contributed by atoms with Crippen molar-refractivity contribution in [1.82, 2.24) is 20.1 Å². The van der Waals surface area contributed by atoms with Crippen molar-refractivity contribution in [3.05, 3.63) is 64.9 Å². The Morgan fingerprint density at radius 1 is 1.21 bits per heavy atom. The monoisotopic (exact) mass is 523 g/mol. The van der Waals surface area contributed by atoms with E-state index in [1.807, 2.05) is 19.3 Å². The molecule has 0 aliphatic carbocycles. The molecule has 2 aliphatic heterocycles. The second-order valence-electron chi connectivity index (χ2n) is 10.3. The first-order chi connectivity index (χ1) is 18.4. The molecule has 9 heteroatoms. The third kappa shape index (κ3) is 6.89. The van der Waals surface area contributed by atoms with E-state index in [9.17, 15) is 8.78 Å². The van der Waals surface area contributed by atoms with Gasteiger partial charge in [0.15, 0.2) is 0 Å². The number of halogens is 2. The van der Waals surface area contributed by atoms with Gasteiger partial charge in [0.2, 0.25) is 0 Å². The van der Waals surface area contributed by atoms with Gasteiger partial charge in [-0.15, -0.1) is 0 Å². The number of anilines is 1. The van der Waals surface area contributed by atoms with E-state index in [-0.39, 0.29) is 18.1 Å². The van der Waals surface area contributed by atoms with Crippen LogP contribution >= 0.6 is 0 Å². The number of nitrogens with zero attached hydrogens (tertiary/aromatic N) is 5. The molecule has 0 saturated carbocycles. The van der Waals surface area contributed by atoms with Crippen LogP contribution in [-0.4, -0.2) is 80.7 Å². The van der Waals surface area contributed by atoms with Crippen molar-refractivity contribution in [2.45, 2.75) is 26.3 Å². The van der Waals surface area contributed by atoms with Crippen LogP contribution in [-0.2, 0) is 13.0 Å². The van der Waals surface area contributed by atoms with Crippen molar-refractivity contribution in [2.75, 3.05) is 58.8 Å². The molecule has 7 nitrogen and oxygen atoms in total. The van der Waals surface area contributed by atoms with Gasteiger partial charge in [-0.05, 0) is 94.4 Å². The van der Waals surface area contributed by atoms with Crippen LogP contribution in [0.5, 0.6) is 0 Å². The molecule has 3 heterocycles. The SMILES string of the molecule is C=Nc1c(F)cc(C(=N/CNc2ccc(CN3CC4CN(C)CC4C3)cn2)/C(F)=C\C)cc1CCCNC. The molecule has 0 bridgehead atoms. The number of pyridine rings is 1. The third-order valence-electron chi connectivity index (χ3n) is 7.40. The molecular weight excluding hydrogens is 484 g/mol. The molecule has 38 heavy (non-hydrogen) atoms. The Kier molecular flexibility index (Phi) is 9.71. The number of likely N-dealkylation sites (tertiary alicyclic amines) is 2. The number of allylic oxidation sites excluding steroid dienone is 2. The molecule has 4 rings (SSSR count). The van der Waals surface area contributed by atoms with Crippen molar-refractivity contribution < 1.29 is 8.78 Å². The number of fused-ring (bicyclic) bond motifs is 1. The fourth-order valence-corrected chi connectivity index (χ4v) is 5.59. The molecule has 2 atom stereocenters. The number of benzene rings is 1. The van der Waals surface area contributed by atoms with Crippen LogP contribution in [0.15, 0.2) is 52.4 Å². The number of aliphatic imine (C=N–C) groups is 2. The molecule has 0 amide bonds. The highest BCUT2D eigenvalue weighted by Gasteiger charge is 2.38. The van der Waals surface area contributed by atoms with Gasteiger partial charge in [0, 0.05) is 44.5 Å². The first-order valence-corrected chi connectivity index (χ1v) is 13.3. The lowest BCUT2D eigenvalue weighted by molar-refractivity contribution is 0.272. The molecule has 2 saturated heterocycles. The molecular formula is C29H39F2N7. The minimum atomic E-state index is -0.535. The molecule has 2 unspecified atom stereocenters. The van der Waals surface area contributed by atoms with Gasteiger partial charge in [0.25, 0.3) is 0 Å². The van der Waals surface area contributed by atoms with Crippen molar-refractivity contribution in [3.63, 3.8) is 0 Å². The lowest BCUT2D eigenvalue weighted by Crippen LogP contribution is -2.26. The van der Waals surface area contributed by atoms with E-state index in [1.165, 1.54) is 30.8 Å². The zero-order valence-corrected chi connectivity index (χ0v) is 22.7. The summed E-state index contributed by atoms with van der Waals surface area (Å²) < 4.78 is 29.6. The van der Waals surface area contributed by atoms with Crippen LogP contribution in [0.1, 0.15) is 30.0 Å². The van der Waals surface area contributed by atoms with E-state index < -0.39 is 11.6 Å². The van der Waals surface area contributed by atoms with Crippen LogP contribution in [0.3, 0.4) is 0 Å². The van der Waals surface area contributed by atoms with E-state index in [4.69, 9.17) is 0 Å². The topological polar surface area (TPSA) is 68.2 Å². The van der Waals surface area contributed by atoms with E-state index >= 15 is 0 Å². The number of hydrogen-bond donors (Lipinski definition) is 2. The Labute approximate surface area is 224 Å². The van der Waals surface area contributed by atoms with E-state index in [0.29, 0.717) is 23.4 Å². The van der Waals surface area contributed by atoms with E-state index in [0.717, 1.165) is 44.4 Å². The predicted molar refractivity (Wildman–Crippen MR) is 152 cm³/mol. The summed E-state index contributed by atoms with van der Waals surface area (Å²) in [5.74, 6) is 1.16. The molecule has 2 aromatic rings. The van der Waals surface area contributed by atoms with Gasteiger partial charge in [-0.2, -0.15) is 0 Å². The molecule has 0 radical (unpaired) electrons. The van der Waals surface area contributed by atoms with Gasteiger partial charge in [-0.3, -0.25) is 14.9 Å². The number of nitrogens with one attached hydrogen (secondary N) is 2. The van der Waals surface area contributed by atoms with E-state index in [2.05, 4.69) is 55.2 Å². The van der Waals surface area contributed by atoms with Gasteiger partial charge < -0.3 is 15.5 Å². The van der Waals surface area contributed by atoms with Gasteiger partial charge in [0.1, 0.15) is 35.5 Å².